The summed E-state index contributed by atoms with van der Waals surface area (Å²) in [5, 5.41) is 0. The first kappa shape index (κ1) is 12.3. The summed E-state index contributed by atoms with van der Waals surface area (Å²) in [4.78, 5) is 4.32. The molecule has 2 rings (SSSR count). The Labute approximate surface area is 106 Å². The molecule has 0 radical (unpaired) electrons. The lowest BCUT2D eigenvalue weighted by Gasteiger charge is -2.08. The van der Waals surface area contributed by atoms with E-state index in [9.17, 15) is 4.39 Å². The van der Waals surface area contributed by atoms with Crippen molar-refractivity contribution >= 4 is 11.5 Å². The van der Waals surface area contributed by atoms with Crippen molar-refractivity contribution in [2.24, 2.45) is 10.7 Å². The third-order valence-corrected chi connectivity index (χ3v) is 2.81. The van der Waals surface area contributed by atoms with Gasteiger partial charge in [0.2, 0.25) is 0 Å². The Bertz CT molecular complexity index is 566. The van der Waals surface area contributed by atoms with Gasteiger partial charge < -0.3 is 5.73 Å². The molecular weight excluding hydrogens is 227 g/mol. The van der Waals surface area contributed by atoms with Crippen LogP contribution in [0.3, 0.4) is 0 Å². The predicted molar refractivity (Wildman–Crippen MR) is 72.7 cm³/mol. The lowest BCUT2D eigenvalue weighted by Crippen LogP contribution is -2.16. The van der Waals surface area contributed by atoms with Gasteiger partial charge in [0.25, 0.3) is 0 Å². The summed E-state index contributed by atoms with van der Waals surface area (Å²) in [6.07, 6.45) is 0. The van der Waals surface area contributed by atoms with Crippen LogP contribution in [0.5, 0.6) is 0 Å². The quantitative estimate of drug-likeness (QED) is 0.635. The molecule has 0 amide bonds. The van der Waals surface area contributed by atoms with E-state index < -0.39 is 0 Å². The number of hydrogen-bond donors (Lipinski definition) is 1. The number of rotatable bonds is 2. The Morgan fingerprint density at radius 1 is 1.00 bits per heavy atom. The average molecular weight is 242 g/mol. The van der Waals surface area contributed by atoms with Gasteiger partial charge in [-0.2, -0.15) is 0 Å². The van der Waals surface area contributed by atoms with Crippen molar-refractivity contribution in [3.05, 3.63) is 65.0 Å². The second-order valence-corrected chi connectivity index (χ2v) is 4.24. The van der Waals surface area contributed by atoms with Crippen molar-refractivity contribution < 1.29 is 4.39 Å². The summed E-state index contributed by atoms with van der Waals surface area (Å²) >= 11 is 0. The predicted octanol–water partition coefficient (Wildman–Crippen LogP) is 3.48. The summed E-state index contributed by atoms with van der Waals surface area (Å²) in [7, 11) is 0. The Morgan fingerprint density at radius 2 is 1.56 bits per heavy atom. The van der Waals surface area contributed by atoms with E-state index in [2.05, 4.69) is 4.99 Å². The van der Waals surface area contributed by atoms with Gasteiger partial charge in [-0.15, -0.1) is 0 Å². The van der Waals surface area contributed by atoms with E-state index in [0.29, 0.717) is 11.5 Å². The zero-order chi connectivity index (χ0) is 13.1. The van der Waals surface area contributed by atoms with E-state index in [1.54, 1.807) is 12.1 Å². The van der Waals surface area contributed by atoms with Gasteiger partial charge in [0.05, 0.1) is 5.69 Å². The highest BCUT2D eigenvalue weighted by molar-refractivity contribution is 6.01. The molecule has 0 atom stereocenters. The molecule has 18 heavy (non-hydrogen) atoms. The Hall–Kier alpha value is -2.16. The fraction of sp³-hybridized carbons (Fsp3) is 0.133. The van der Waals surface area contributed by atoms with Crippen LogP contribution in [0.25, 0.3) is 0 Å². The molecule has 2 nitrogen and oxygen atoms in total. The molecule has 0 saturated heterocycles. The third kappa shape index (κ3) is 2.56. The summed E-state index contributed by atoms with van der Waals surface area (Å²) < 4.78 is 12.8. The van der Waals surface area contributed by atoms with Crippen LogP contribution in [-0.2, 0) is 0 Å². The molecule has 0 aliphatic carbocycles. The number of halogens is 1. The third-order valence-electron chi connectivity index (χ3n) is 2.81. The van der Waals surface area contributed by atoms with Crippen molar-refractivity contribution in [1.29, 1.82) is 0 Å². The molecule has 0 aliphatic rings. The van der Waals surface area contributed by atoms with Crippen LogP contribution in [0.4, 0.5) is 10.1 Å². The van der Waals surface area contributed by atoms with Crippen LogP contribution in [0, 0.1) is 19.7 Å². The number of amidine groups is 1. The van der Waals surface area contributed by atoms with Crippen LogP contribution in [0.1, 0.15) is 16.7 Å². The van der Waals surface area contributed by atoms with Gasteiger partial charge in [-0.05, 0) is 49.2 Å². The number of benzene rings is 2. The van der Waals surface area contributed by atoms with Crippen LogP contribution >= 0.6 is 0 Å². The first-order valence-corrected chi connectivity index (χ1v) is 5.74. The van der Waals surface area contributed by atoms with Gasteiger partial charge in [0.15, 0.2) is 0 Å². The van der Waals surface area contributed by atoms with E-state index in [1.807, 2.05) is 32.0 Å². The second kappa shape index (κ2) is 5.00. The molecule has 92 valence electrons. The topological polar surface area (TPSA) is 38.4 Å². The Kier molecular flexibility index (Phi) is 3.42. The monoisotopic (exact) mass is 242 g/mol. The van der Waals surface area contributed by atoms with Crippen molar-refractivity contribution in [2.75, 3.05) is 0 Å². The second-order valence-electron chi connectivity index (χ2n) is 4.24. The molecule has 2 N–H and O–H groups in total. The van der Waals surface area contributed by atoms with Gasteiger partial charge in [-0.3, -0.25) is 0 Å². The zero-order valence-corrected chi connectivity index (χ0v) is 10.4. The summed E-state index contributed by atoms with van der Waals surface area (Å²) in [6.45, 7) is 3.99. The maximum absolute atomic E-state index is 12.8. The zero-order valence-electron chi connectivity index (χ0n) is 10.4. The molecule has 3 heteroatoms. The van der Waals surface area contributed by atoms with Crippen LogP contribution < -0.4 is 5.73 Å². The molecule has 0 saturated carbocycles. The molecular formula is C15H15FN2. The minimum Gasteiger partial charge on any atom is -0.383 e. The average Bonchev–Trinajstić information content (AvgIpc) is 2.32. The Morgan fingerprint density at radius 3 is 2.11 bits per heavy atom. The van der Waals surface area contributed by atoms with Crippen LogP contribution in [0.2, 0.25) is 0 Å². The fourth-order valence-electron chi connectivity index (χ4n) is 1.93. The van der Waals surface area contributed by atoms with E-state index in [-0.39, 0.29) is 5.82 Å². The number of nitrogens with two attached hydrogens (primary N) is 1. The maximum Gasteiger partial charge on any atom is 0.131 e. The highest BCUT2D eigenvalue weighted by Crippen LogP contribution is 2.17. The van der Waals surface area contributed by atoms with Crippen LogP contribution in [0.15, 0.2) is 47.5 Å². The van der Waals surface area contributed by atoms with Crippen LogP contribution in [-0.4, -0.2) is 5.84 Å². The highest BCUT2D eigenvalue weighted by Gasteiger charge is 2.06. The first-order chi connectivity index (χ1) is 8.58. The van der Waals surface area contributed by atoms with E-state index >= 15 is 0 Å². The van der Waals surface area contributed by atoms with Crippen molar-refractivity contribution in [2.45, 2.75) is 13.8 Å². The standard InChI is InChI=1S/C15H15FN2/c1-10-4-3-5-11(2)14(10)15(17)18-13-8-6-12(16)7-9-13/h3-9H,1-2H3,(H2,17,18). The first-order valence-electron chi connectivity index (χ1n) is 5.74. The smallest absolute Gasteiger partial charge is 0.131 e. The fourth-order valence-corrected chi connectivity index (χ4v) is 1.93. The van der Waals surface area contributed by atoms with Crippen molar-refractivity contribution in [1.82, 2.24) is 0 Å². The molecule has 0 bridgehead atoms. The molecule has 0 heterocycles. The Balaban J connectivity index is 2.42. The largest absolute Gasteiger partial charge is 0.383 e. The van der Waals surface area contributed by atoms with Gasteiger partial charge >= 0.3 is 0 Å². The molecule has 0 aromatic heterocycles. The highest BCUT2D eigenvalue weighted by atomic mass is 19.1. The molecule has 2 aromatic carbocycles. The van der Waals surface area contributed by atoms with Crippen molar-refractivity contribution in [3.63, 3.8) is 0 Å². The lowest BCUT2D eigenvalue weighted by molar-refractivity contribution is 0.628. The summed E-state index contributed by atoms with van der Waals surface area (Å²) in [6, 6.07) is 11.9. The molecule has 0 fully saturated rings. The number of aryl methyl sites for hydroxylation is 2. The van der Waals surface area contributed by atoms with Gasteiger partial charge in [0.1, 0.15) is 11.7 Å². The van der Waals surface area contributed by atoms with Crippen molar-refractivity contribution in [3.8, 4) is 0 Å². The summed E-state index contributed by atoms with van der Waals surface area (Å²) in [5.74, 6) is 0.178. The SMILES string of the molecule is Cc1cccc(C)c1C(N)=Nc1ccc(F)cc1. The molecule has 2 aromatic rings. The number of hydrogen-bond acceptors (Lipinski definition) is 1. The number of aliphatic imine (C=N–C) groups is 1. The minimum absolute atomic E-state index is 0.278. The number of nitrogens with zero attached hydrogens (tertiary/aromatic N) is 1. The van der Waals surface area contributed by atoms with Gasteiger partial charge in [-0.1, -0.05) is 18.2 Å². The van der Waals surface area contributed by atoms with Gasteiger partial charge in [-0.25, -0.2) is 9.38 Å². The molecule has 0 spiro atoms. The summed E-state index contributed by atoms with van der Waals surface area (Å²) in [5.41, 5.74) is 9.78. The van der Waals surface area contributed by atoms with E-state index in [0.717, 1.165) is 16.7 Å². The lowest BCUT2D eigenvalue weighted by atomic mass is 10.0. The maximum atomic E-state index is 12.8. The van der Waals surface area contributed by atoms with E-state index in [1.165, 1.54) is 12.1 Å². The van der Waals surface area contributed by atoms with Gasteiger partial charge in [0, 0.05) is 5.56 Å². The normalized spacial score (nSPS) is 11.6. The van der Waals surface area contributed by atoms with E-state index in [4.69, 9.17) is 5.73 Å². The molecule has 0 aliphatic heterocycles. The molecule has 0 unspecified atom stereocenters. The minimum atomic E-state index is -0.278.